The summed E-state index contributed by atoms with van der Waals surface area (Å²) in [6.45, 7) is 7.16. The van der Waals surface area contributed by atoms with Crippen LogP contribution in [0.5, 0.6) is 5.75 Å². The fourth-order valence-electron chi connectivity index (χ4n) is 4.25. The van der Waals surface area contributed by atoms with Crippen molar-refractivity contribution >= 4 is 17.3 Å². The highest BCUT2D eigenvalue weighted by atomic mass is 16.5. The Kier molecular flexibility index (Phi) is 10.5. The van der Waals surface area contributed by atoms with Gasteiger partial charge in [-0.15, -0.1) is 0 Å². The predicted octanol–water partition coefficient (Wildman–Crippen LogP) is 7.77. The Morgan fingerprint density at radius 3 is 1.97 bits per heavy atom. The van der Waals surface area contributed by atoms with Crippen molar-refractivity contribution < 1.29 is 19.1 Å². The van der Waals surface area contributed by atoms with Gasteiger partial charge in [0.15, 0.2) is 17.3 Å². The number of hydrogen-bond acceptors (Lipinski definition) is 4. The highest BCUT2D eigenvalue weighted by molar-refractivity contribution is 5.97. The largest absolute Gasteiger partial charge is 0.486 e. The molecule has 0 amide bonds. The van der Waals surface area contributed by atoms with Gasteiger partial charge in [0.1, 0.15) is 12.4 Å². The zero-order chi connectivity index (χ0) is 27.5. The predicted molar refractivity (Wildman–Crippen MR) is 154 cm³/mol. The van der Waals surface area contributed by atoms with E-state index in [0.29, 0.717) is 30.6 Å². The summed E-state index contributed by atoms with van der Waals surface area (Å²) in [5, 5.41) is 0. The summed E-state index contributed by atoms with van der Waals surface area (Å²) >= 11 is 0. The Balaban J connectivity index is 1.57. The third kappa shape index (κ3) is 8.81. The molecule has 0 spiro atoms. The average Bonchev–Trinajstić information content (AvgIpc) is 2.91. The molecule has 0 radical (unpaired) electrons. The molecule has 3 aromatic rings. The van der Waals surface area contributed by atoms with Crippen molar-refractivity contribution in [1.82, 2.24) is 0 Å². The molecule has 0 unspecified atom stereocenters. The van der Waals surface area contributed by atoms with Crippen LogP contribution in [0.4, 0.5) is 0 Å². The van der Waals surface area contributed by atoms with Crippen LogP contribution in [-0.4, -0.2) is 24.0 Å². The maximum Gasteiger partial charge on any atom is 0.167 e. The van der Waals surface area contributed by atoms with Gasteiger partial charge >= 0.3 is 0 Å². The zero-order valence-electron chi connectivity index (χ0n) is 22.8. The van der Waals surface area contributed by atoms with Crippen molar-refractivity contribution in [3.63, 3.8) is 0 Å². The second-order valence-corrected chi connectivity index (χ2v) is 9.75. The van der Waals surface area contributed by atoms with Crippen molar-refractivity contribution in [2.45, 2.75) is 53.4 Å². The minimum atomic E-state index is -0.0145. The van der Waals surface area contributed by atoms with Crippen LogP contribution in [0.15, 0.2) is 102 Å². The molecule has 3 aromatic carbocycles. The summed E-state index contributed by atoms with van der Waals surface area (Å²) in [4.78, 5) is 36.3. The Morgan fingerprint density at radius 1 is 0.737 bits per heavy atom. The maximum atomic E-state index is 12.8. The molecule has 38 heavy (non-hydrogen) atoms. The molecule has 0 saturated heterocycles. The number of benzene rings is 3. The number of hydrogen-bond donors (Lipinski definition) is 0. The molecule has 0 heterocycles. The van der Waals surface area contributed by atoms with Gasteiger partial charge in [-0.3, -0.25) is 14.4 Å². The van der Waals surface area contributed by atoms with Gasteiger partial charge in [0, 0.05) is 12.0 Å². The number of Topliss-reactive ketones (excluding diaryl/α,β-unsaturated/α-hetero) is 3. The summed E-state index contributed by atoms with van der Waals surface area (Å²) in [6, 6.07) is 25.5. The van der Waals surface area contributed by atoms with Crippen molar-refractivity contribution in [2.24, 2.45) is 0 Å². The molecule has 0 aliphatic heterocycles. The van der Waals surface area contributed by atoms with Crippen LogP contribution >= 0.6 is 0 Å². The van der Waals surface area contributed by atoms with E-state index in [2.05, 4.69) is 13.0 Å². The molecule has 0 N–H and O–H groups in total. The molecular weight excluding hydrogens is 472 g/mol. The van der Waals surface area contributed by atoms with Crippen molar-refractivity contribution in [3.8, 4) is 16.9 Å². The molecule has 196 valence electrons. The Hall–Kier alpha value is -4.05. The highest BCUT2D eigenvalue weighted by Crippen LogP contribution is 2.22. The van der Waals surface area contributed by atoms with E-state index in [0.717, 1.165) is 39.8 Å². The van der Waals surface area contributed by atoms with Crippen LogP contribution < -0.4 is 4.74 Å². The Labute approximate surface area is 226 Å². The quantitative estimate of drug-likeness (QED) is 0.134. The van der Waals surface area contributed by atoms with Crippen LogP contribution in [0.25, 0.3) is 11.1 Å². The van der Waals surface area contributed by atoms with Crippen LogP contribution in [0.1, 0.15) is 62.9 Å². The monoisotopic (exact) mass is 508 g/mol. The topological polar surface area (TPSA) is 60.4 Å². The number of rotatable bonds is 13. The van der Waals surface area contributed by atoms with Gasteiger partial charge in [-0.2, -0.15) is 0 Å². The molecule has 0 aromatic heterocycles. The number of ether oxygens (including phenoxy) is 1. The van der Waals surface area contributed by atoms with E-state index < -0.39 is 0 Å². The van der Waals surface area contributed by atoms with E-state index >= 15 is 0 Å². The second-order valence-electron chi connectivity index (χ2n) is 9.75. The van der Waals surface area contributed by atoms with E-state index in [4.69, 9.17) is 4.74 Å². The van der Waals surface area contributed by atoms with Crippen LogP contribution in [0.3, 0.4) is 0 Å². The number of carbonyl (C=O) groups excluding carboxylic acids is 3. The van der Waals surface area contributed by atoms with Gasteiger partial charge in [0.2, 0.25) is 0 Å². The first-order valence-corrected chi connectivity index (χ1v) is 13.0. The minimum Gasteiger partial charge on any atom is -0.486 e. The third-order valence-corrected chi connectivity index (χ3v) is 6.48. The fourth-order valence-corrected chi connectivity index (χ4v) is 4.25. The lowest BCUT2D eigenvalue weighted by Crippen LogP contribution is -2.06. The third-order valence-electron chi connectivity index (χ3n) is 6.48. The average molecular weight is 509 g/mol. The minimum absolute atomic E-state index is 0.0145. The number of carbonyl (C=O) groups is 3. The Morgan fingerprint density at radius 2 is 1.37 bits per heavy atom. The molecule has 0 fully saturated rings. The summed E-state index contributed by atoms with van der Waals surface area (Å²) in [7, 11) is 0. The molecule has 0 aliphatic carbocycles. The molecule has 4 nitrogen and oxygen atoms in total. The van der Waals surface area contributed by atoms with Crippen molar-refractivity contribution in [1.29, 1.82) is 0 Å². The smallest absolute Gasteiger partial charge is 0.167 e. The van der Waals surface area contributed by atoms with Gasteiger partial charge in [0.05, 0.1) is 0 Å². The Bertz CT molecular complexity index is 1310. The van der Waals surface area contributed by atoms with Gasteiger partial charge in [-0.25, -0.2) is 0 Å². The van der Waals surface area contributed by atoms with Crippen LogP contribution in [0, 0.1) is 0 Å². The SMILES string of the molecule is CC(=O)COc1ccc(C/C(C)=C/C/C(C(C)=O)=C(\C)CCC(=O)c2ccc(-c3ccccc3)cc2)cc1. The van der Waals surface area contributed by atoms with E-state index in [1.165, 1.54) is 6.92 Å². The number of ketones is 3. The van der Waals surface area contributed by atoms with Gasteiger partial charge < -0.3 is 4.74 Å². The van der Waals surface area contributed by atoms with Gasteiger partial charge in [-0.05, 0) is 81.4 Å². The maximum absolute atomic E-state index is 12.8. The lowest BCUT2D eigenvalue weighted by molar-refractivity contribution is -0.119. The summed E-state index contributed by atoms with van der Waals surface area (Å²) in [6.07, 6.45) is 4.32. The zero-order valence-corrected chi connectivity index (χ0v) is 22.8. The standard InChI is InChI=1S/C34H36O4/c1-24(22-28-12-18-32(19-13-28)38-23-26(3)35)10-20-33(27(4)36)25(2)11-21-34(37)31-16-14-30(15-17-31)29-8-6-5-7-9-29/h5-10,12-19H,11,20-23H2,1-4H3/b24-10+,33-25-. The van der Waals surface area contributed by atoms with Gasteiger partial charge in [0.25, 0.3) is 0 Å². The van der Waals surface area contributed by atoms with Gasteiger partial charge in [-0.1, -0.05) is 84.0 Å². The molecule has 0 atom stereocenters. The lowest BCUT2D eigenvalue weighted by Gasteiger charge is -2.10. The number of allylic oxidation sites excluding steroid dienone is 4. The van der Waals surface area contributed by atoms with E-state index in [1.807, 2.05) is 85.8 Å². The lowest BCUT2D eigenvalue weighted by atomic mass is 9.95. The fraction of sp³-hybridized carbons (Fsp3) is 0.265. The molecular formula is C34H36O4. The molecule has 0 saturated carbocycles. The molecule has 0 aliphatic rings. The van der Waals surface area contributed by atoms with Crippen molar-refractivity contribution in [3.05, 3.63) is 113 Å². The molecule has 3 rings (SSSR count). The first-order valence-electron chi connectivity index (χ1n) is 13.0. The van der Waals surface area contributed by atoms with Crippen molar-refractivity contribution in [2.75, 3.05) is 6.61 Å². The first-order chi connectivity index (χ1) is 18.2. The van der Waals surface area contributed by atoms with E-state index in [-0.39, 0.29) is 24.0 Å². The normalized spacial score (nSPS) is 12.1. The summed E-state index contributed by atoms with van der Waals surface area (Å²) in [5.41, 5.74) is 6.90. The second kappa shape index (κ2) is 14.0. The van der Waals surface area contributed by atoms with E-state index in [1.54, 1.807) is 6.92 Å². The van der Waals surface area contributed by atoms with Crippen LogP contribution in [0.2, 0.25) is 0 Å². The highest BCUT2D eigenvalue weighted by Gasteiger charge is 2.11. The summed E-state index contributed by atoms with van der Waals surface area (Å²) in [5.74, 6) is 0.775. The molecule has 0 bridgehead atoms. The van der Waals surface area contributed by atoms with E-state index in [9.17, 15) is 14.4 Å². The summed E-state index contributed by atoms with van der Waals surface area (Å²) < 4.78 is 5.42. The first kappa shape index (κ1) is 28.5. The molecule has 4 heteroatoms. The van der Waals surface area contributed by atoms with Crippen LogP contribution in [-0.2, 0) is 16.0 Å².